The Balaban J connectivity index is 2.15. The van der Waals surface area contributed by atoms with E-state index in [1.54, 1.807) is 6.20 Å². The number of imidazole rings is 1. The van der Waals surface area contributed by atoms with Crippen molar-refractivity contribution < 1.29 is 0 Å². The summed E-state index contributed by atoms with van der Waals surface area (Å²) in [5.41, 5.74) is 1.19. The fraction of sp³-hybridized carbons (Fsp3) is 0.600. The Morgan fingerprint density at radius 3 is 2.70 bits per heavy atom. The van der Waals surface area contributed by atoms with Crippen LogP contribution in [-0.2, 0) is 0 Å². The lowest BCUT2D eigenvalue weighted by atomic mass is 9.92. The van der Waals surface area contributed by atoms with Crippen molar-refractivity contribution in [1.29, 1.82) is 0 Å². The summed E-state index contributed by atoms with van der Waals surface area (Å²) < 4.78 is 2.00. The van der Waals surface area contributed by atoms with Crippen LogP contribution >= 0.6 is 0 Å². The molecule has 0 aliphatic rings. The topological polar surface area (TPSA) is 54.2 Å². The highest BCUT2D eigenvalue weighted by atomic mass is 15.1. The fourth-order valence-electron chi connectivity index (χ4n) is 1.94. The van der Waals surface area contributed by atoms with E-state index in [2.05, 4.69) is 48.3 Å². The zero-order valence-corrected chi connectivity index (χ0v) is 12.9. The highest BCUT2D eigenvalue weighted by Crippen LogP contribution is 2.20. The fourth-order valence-corrected chi connectivity index (χ4v) is 1.94. The van der Waals surface area contributed by atoms with Gasteiger partial charge in [-0.2, -0.15) is 0 Å². The summed E-state index contributed by atoms with van der Waals surface area (Å²) in [6.07, 6.45) is 7.90. The van der Waals surface area contributed by atoms with Gasteiger partial charge in [0, 0.05) is 25.5 Å². The molecule has 5 nitrogen and oxygen atoms in total. The number of rotatable bonds is 6. The van der Waals surface area contributed by atoms with Crippen molar-refractivity contribution in [3.05, 3.63) is 18.6 Å². The number of nitrogens with zero attached hydrogens (tertiary/aromatic N) is 3. The van der Waals surface area contributed by atoms with E-state index in [-0.39, 0.29) is 0 Å². The van der Waals surface area contributed by atoms with Gasteiger partial charge in [-0.3, -0.25) is 0 Å². The molecule has 0 unspecified atom stereocenters. The van der Waals surface area contributed by atoms with Gasteiger partial charge < -0.3 is 15.0 Å². The molecule has 2 aromatic heterocycles. The van der Waals surface area contributed by atoms with Gasteiger partial charge >= 0.3 is 0 Å². The molecule has 0 spiro atoms. The van der Waals surface area contributed by atoms with Gasteiger partial charge in [0.15, 0.2) is 11.5 Å². The molecule has 0 aromatic carbocycles. The highest BCUT2D eigenvalue weighted by Gasteiger charge is 2.11. The van der Waals surface area contributed by atoms with Gasteiger partial charge in [0.1, 0.15) is 5.82 Å². The van der Waals surface area contributed by atoms with Crippen LogP contribution in [0.25, 0.3) is 5.65 Å². The molecule has 0 aliphatic heterocycles. The first-order valence-electron chi connectivity index (χ1n) is 7.31. The summed E-state index contributed by atoms with van der Waals surface area (Å²) >= 11 is 0. The Morgan fingerprint density at radius 1 is 1.20 bits per heavy atom. The van der Waals surface area contributed by atoms with E-state index < -0.39 is 0 Å². The number of anilines is 2. The highest BCUT2D eigenvalue weighted by molar-refractivity contribution is 5.65. The summed E-state index contributed by atoms with van der Waals surface area (Å²) in [4.78, 5) is 8.99. The van der Waals surface area contributed by atoms with Gasteiger partial charge in [0.05, 0.1) is 6.20 Å². The molecular weight excluding hydrogens is 250 g/mol. The van der Waals surface area contributed by atoms with Crippen LogP contribution in [0.3, 0.4) is 0 Å². The van der Waals surface area contributed by atoms with Gasteiger partial charge in [-0.05, 0) is 18.3 Å². The summed E-state index contributed by atoms with van der Waals surface area (Å²) in [6.45, 7) is 10.7. The number of nitrogens with one attached hydrogen (secondary N) is 2. The molecule has 0 aliphatic carbocycles. The first-order chi connectivity index (χ1) is 9.49. The lowest BCUT2D eigenvalue weighted by molar-refractivity contribution is 0.389. The zero-order chi connectivity index (χ0) is 14.6. The maximum atomic E-state index is 4.62. The maximum absolute atomic E-state index is 4.62. The normalized spacial score (nSPS) is 11.8. The summed E-state index contributed by atoms with van der Waals surface area (Å²) in [7, 11) is 0. The average Bonchev–Trinajstić information content (AvgIpc) is 2.83. The lowest BCUT2D eigenvalue weighted by Crippen LogP contribution is -2.14. The Bertz CT molecular complexity index is 553. The standard InChI is InChI=1S/C15H25N5/c1-5-7-16-12-11-20-10-9-18-14(20)13(19-12)17-8-6-15(2,3)4/h9-11,16H,5-8H2,1-4H3,(H,17,19). The smallest absolute Gasteiger partial charge is 0.180 e. The van der Waals surface area contributed by atoms with Gasteiger partial charge in [-0.25, -0.2) is 9.97 Å². The third kappa shape index (κ3) is 3.85. The quantitative estimate of drug-likeness (QED) is 0.848. The van der Waals surface area contributed by atoms with Gasteiger partial charge in [0.25, 0.3) is 0 Å². The summed E-state index contributed by atoms with van der Waals surface area (Å²) in [6, 6.07) is 0. The SMILES string of the molecule is CCCNc1cn2ccnc2c(NCCC(C)(C)C)n1. The Kier molecular flexibility index (Phi) is 4.47. The minimum Gasteiger partial charge on any atom is -0.369 e. The Morgan fingerprint density at radius 2 is 2.00 bits per heavy atom. The Hall–Kier alpha value is -1.78. The third-order valence-electron chi connectivity index (χ3n) is 3.10. The zero-order valence-electron chi connectivity index (χ0n) is 12.9. The maximum Gasteiger partial charge on any atom is 0.180 e. The van der Waals surface area contributed by atoms with E-state index in [0.29, 0.717) is 5.41 Å². The number of fused-ring (bicyclic) bond motifs is 1. The average molecular weight is 275 g/mol. The van der Waals surface area contributed by atoms with Crippen molar-refractivity contribution in [2.75, 3.05) is 23.7 Å². The van der Waals surface area contributed by atoms with Crippen molar-refractivity contribution in [2.45, 2.75) is 40.5 Å². The molecule has 2 rings (SSSR count). The molecule has 0 bridgehead atoms. The summed E-state index contributed by atoms with van der Waals surface area (Å²) in [5.74, 6) is 1.73. The largest absolute Gasteiger partial charge is 0.369 e. The van der Waals surface area contributed by atoms with Crippen LogP contribution in [0.2, 0.25) is 0 Å². The molecule has 20 heavy (non-hydrogen) atoms. The van der Waals surface area contributed by atoms with Gasteiger partial charge in [0.2, 0.25) is 0 Å². The van der Waals surface area contributed by atoms with E-state index in [1.807, 2.05) is 16.8 Å². The van der Waals surface area contributed by atoms with Crippen LogP contribution in [0.5, 0.6) is 0 Å². The van der Waals surface area contributed by atoms with Crippen LogP contribution in [0.15, 0.2) is 18.6 Å². The van der Waals surface area contributed by atoms with Crippen molar-refractivity contribution in [2.24, 2.45) is 5.41 Å². The van der Waals surface area contributed by atoms with E-state index >= 15 is 0 Å². The van der Waals surface area contributed by atoms with Crippen molar-refractivity contribution >= 4 is 17.3 Å². The molecule has 0 fully saturated rings. The number of aromatic nitrogens is 3. The van der Waals surface area contributed by atoms with E-state index in [0.717, 1.165) is 43.2 Å². The second-order valence-electron chi connectivity index (χ2n) is 6.30. The van der Waals surface area contributed by atoms with Crippen LogP contribution in [0, 0.1) is 5.41 Å². The van der Waals surface area contributed by atoms with Crippen LogP contribution in [-0.4, -0.2) is 27.5 Å². The minimum atomic E-state index is 0.316. The predicted octanol–water partition coefficient (Wildman–Crippen LogP) is 3.40. The van der Waals surface area contributed by atoms with E-state index in [4.69, 9.17) is 0 Å². The van der Waals surface area contributed by atoms with Crippen molar-refractivity contribution in [3.63, 3.8) is 0 Å². The molecule has 2 aromatic rings. The first-order valence-corrected chi connectivity index (χ1v) is 7.31. The van der Waals surface area contributed by atoms with Gasteiger partial charge in [-0.15, -0.1) is 0 Å². The first kappa shape index (κ1) is 14.6. The second kappa shape index (κ2) is 6.11. The second-order valence-corrected chi connectivity index (χ2v) is 6.30. The molecule has 2 N–H and O–H groups in total. The van der Waals surface area contributed by atoms with Crippen molar-refractivity contribution in [3.8, 4) is 0 Å². The van der Waals surface area contributed by atoms with E-state index in [9.17, 15) is 0 Å². The van der Waals surface area contributed by atoms with E-state index in [1.165, 1.54) is 0 Å². The molecular formula is C15H25N5. The van der Waals surface area contributed by atoms with Gasteiger partial charge in [-0.1, -0.05) is 27.7 Å². The lowest BCUT2D eigenvalue weighted by Gasteiger charge is -2.18. The molecule has 0 amide bonds. The van der Waals surface area contributed by atoms with Crippen LogP contribution in [0.4, 0.5) is 11.6 Å². The molecule has 0 saturated carbocycles. The van der Waals surface area contributed by atoms with Crippen LogP contribution in [0.1, 0.15) is 40.5 Å². The molecule has 0 atom stereocenters. The molecule has 110 valence electrons. The monoisotopic (exact) mass is 275 g/mol. The minimum absolute atomic E-state index is 0.316. The molecule has 0 radical (unpaired) electrons. The Labute approximate surface area is 120 Å². The number of hydrogen-bond donors (Lipinski definition) is 2. The number of hydrogen-bond acceptors (Lipinski definition) is 4. The van der Waals surface area contributed by atoms with Crippen molar-refractivity contribution in [1.82, 2.24) is 14.4 Å². The molecule has 5 heteroatoms. The predicted molar refractivity (Wildman–Crippen MR) is 84.3 cm³/mol. The third-order valence-corrected chi connectivity index (χ3v) is 3.10. The molecule has 2 heterocycles. The summed E-state index contributed by atoms with van der Waals surface area (Å²) in [5, 5.41) is 6.74. The molecule has 0 saturated heterocycles. The van der Waals surface area contributed by atoms with Crippen LogP contribution < -0.4 is 10.6 Å².